The SMILES string of the molecule is CN1C(c2ccccc2)N=C2NC(CCl)=C(Cl)C(=O)N21. The fraction of sp³-hybridized carbons (Fsp3) is 0.231. The molecule has 0 aromatic heterocycles. The van der Waals surface area contributed by atoms with Crippen molar-refractivity contribution in [2.75, 3.05) is 12.9 Å². The second-order valence-corrected chi connectivity index (χ2v) is 5.12. The highest BCUT2D eigenvalue weighted by Gasteiger charge is 2.41. The summed E-state index contributed by atoms with van der Waals surface area (Å²) in [4.78, 5) is 16.8. The van der Waals surface area contributed by atoms with Crippen molar-refractivity contribution in [2.24, 2.45) is 4.99 Å². The van der Waals surface area contributed by atoms with Crippen molar-refractivity contribution in [3.8, 4) is 0 Å². The molecule has 1 amide bonds. The molecular formula is C13H12Cl2N4O. The van der Waals surface area contributed by atoms with Crippen molar-refractivity contribution in [3.05, 3.63) is 46.6 Å². The van der Waals surface area contributed by atoms with E-state index in [9.17, 15) is 4.79 Å². The Labute approximate surface area is 126 Å². The van der Waals surface area contributed by atoms with E-state index in [4.69, 9.17) is 23.2 Å². The second kappa shape index (κ2) is 5.09. The Bertz CT molecular complexity index is 614. The summed E-state index contributed by atoms with van der Waals surface area (Å²) >= 11 is 11.8. The molecule has 2 aliphatic heterocycles. The zero-order valence-corrected chi connectivity index (χ0v) is 12.2. The highest BCUT2D eigenvalue weighted by Crippen LogP contribution is 2.32. The van der Waals surface area contributed by atoms with Gasteiger partial charge in [0.2, 0.25) is 5.96 Å². The number of aliphatic imine (C=N–C) groups is 1. The molecule has 0 saturated carbocycles. The summed E-state index contributed by atoms with van der Waals surface area (Å²) in [6, 6.07) is 9.74. The largest absolute Gasteiger partial charge is 0.326 e. The molecule has 2 aliphatic rings. The van der Waals surface area contributed by atoms with Crippen LogP contribution in [0.1, 0.15) is 11.7 Å². The number of fused-ring (bicyclic) bond motifs is 1. The van der Waals surface area contributed by atoms with Gasteiger partial charge in [0, 0.05) is 7.05 Å². The van der Waals surface area contributed by atoms with Crippen LogP contribution >= 0.6 is 23.2 Å². The summed E-state index contributed by atoms with van der Waals surface area (Å²) in [7, 11) is 1.80. The quantitative estimate of drug-likeness (QED) is 0.850. The standard InChI is InChI=1S/C13H12Cl2N4O/c1-18-11(8-5-3-2-4-6-8)17-13-16-9(7-14)10(15)12(20)19(13)18/h2-6,11H,7H2,1H3,(H,16,17). The van der Waals surface area contributed by atoms with E-state index in [1.165, 1.54) is 5.01 Å². The summed E-state index contributed by atoms with van der Waals surface area (Å²) in [6.07, 6.45) is -0.262. The highest BCUT2D eigenvalue weighted by atomic mass is 35.5. The summed E-state index contributed by atoms with van der Waals surface area (Å²) < 4.78 is 0. The molecule has 104 valence electrons. The number of nitrogens with one attached hydrogen (secondary N) is 1. The second-order valence-electron chi connectivity index (χ2n) is 4.48. The molecule has 1 aromatic carbocycles. The number of benzene rings is 1. The van der Waals surface area contributed by atoms with Crippen molar-refractivity contribution < 1.29 is 4.79 Å². The van der Waals surface area contributed by atoms with Crippen LogP contribution < -0.4 is 5.32 Å². The topological polar surface area (TPSA) is 47.9 Å². The maximum atomic E-state index is 12.3. The monoisotopic (exact) mass is 310 g/mol. The van der Waals surface area contributed by atoms with Crippen molar-refractivity contribution >= 4 is 35.1 Å². The van der Waals surface area contributed by atoms with Gasteiger partial charge in [-0.05, 0) is 5.56 Å². The summed E-state index contributed by atoms with van der Waals surface area (Å²) in [5.41, 5.74) is 1.48. The first-order valence-corrected chi connectivity index (χ1v) is 6.96. The van der Waals surface area contributed by atoms with Crippen molar-refractivity contribution in [3.63, 3.8) is 0 Å². The number of halogens is 2. The first kappa shape index (κ1) is 13.4. The highest BCUT2D eigenvalue weighted by molar-refractivity contribution is 6.44. The lowest BCUT2D eigenvalue weighted by atomic mass is 10.2. The minimum atomic E-state index is -0.319. The fourth-order valence-electron chi connectivity index (χ4n) is 2.26. The van der Waals surface area contributed by atoms with Crippen LogP contribution in [0.2, 0.25) is 0 Å². The molecule has 0 radical (unpaired) electrons. The number of carbonyl (C=O) groups is 1. The Morgan fingerprint density at radius 3 is 2.70 bits per heavy atom. The van der Waals surface area contributed by atoms with Crippen molar-refractivity contribution in [1.82, 2.24) is 15.3 Å². The van der Waals surface area contributed by atoms with Gasteiger partial charge in [-0.25, -0.2) is 10.0 Å². The third-order valence-electron chi connectivity index (χ3n) is 3.25. The number of rotatable bonds is 2. The molecule has 0 saturated heterocycles. The third kappa shape index (κ3) is 1.98. The molecule has 2 heterocycles. The predicted octanol–water partition coefficient (Wildman–Crippen LogP) is 2.02. The van der Waals surface area contributed by atoms with E-state index in [1.54, 1.807) is 12.1 Å². The fourth-order valence-corrected chi connectivity index (χ4v) is 2.72. The molecule has 1 unspecified atom stereocenters. The molecule has 7 heteroatoms. The van der Waals surface area contributed by atoms with Crippen LogP contribution in [0.25, 0.3) is 0 Å². The first-order chi connectivity index (χ1) is 9.63. The van der Waals surface area contributed by atoms with Gasteiger partial charge in [0.05, 0.1) is 11.6 Å². The molecule has 3 rings (SSSR count). The van der Waals surface area contributed by atoms with Crippen LogP contribution in [0.3, 0.4) is 0 Å². The molecule has 1 N–H and O–H groups in total. The average Bonchev–Trinajstić information content (AvgIpc) is 2.81. The molecule has 0 aliphatic carbocycles. The molecule has 0 bridgehead atoms. The van der Waals surface area contributed by atoms with E-state index >= 15 is 0 Å². The van der Waals surface area contributed by atoms with Crippen LogP contribution in [0.4, 0.5) is 0 Å². The van der Waals surface area contributed by atoms with Crippen LogP contribution in [-0.2, 0) is 4.79 Å². The average molecular weight is 311 g/mol. The molecule has 1 aromatic rings. The lowest BCUT2D eigenvalue weighted by molar-refractivity contribution is -0.134. The van der Waals surface area contributed by atoms with Crippen LogP contribution in [-0.4, -0.2) is 34.8 Å². The van der Waals surface area contributed by atoms with Gasteiger partial charge in [-0.2, -0.15) is 5.01 Å². The number of allylic oxidation sites excluding steroid dienone is 1. The maximum absolute atomic E-state index is 12.3. The third-order valence-corrected chi connectivity index (χ3v) is 3.91. The Hall–Kier alpha value is -1.56. The van der Waals surface area contributed by atoms with Gasteiger partial charge in [0.15, 0.2) is 0 Å². The Morgan fingerprint density at radius 2 is 2.05 bits per heavy atom. The van der Waals surface area contributed by atoms with E-state index in [0.29, 0.717) is 11.7 Å². The van der Waals surface area contributed by atoms with Gasteiger partial charge in [-0.15, -0.1) is 11.6 Å². The number of nitrogens with zero attached hydrogens (tertiary/aromatic N) is 3. The summed E-state index contributed by atoms with van der Waals surface area (Å²) in [6.45, 7) is 0. The maximum Gasteiger partial charge on any atom is 0.288 e. The molecule has 0 fully saturated rings. The van der Waals surface area contributed by atoms with Crippen LogP contribution in [0.15, 0.2) is 46.1 Å². The summed E-state index contributed by atoms with van der Waals surface area (Å²) in [5, 5.41) is 6.27. The zero-order valence-electron chi connectivity index (χ0n) is 10.7. The number of hydrogen-bond donors (Lipinski definition) is 1. The molecular weight excluding hydrogens is 299 g/mol. The van der Waals surface area contributed by atoms with Gasteiger partial charge in [0.1, 0.15) is 11.2 Å². The van der Waals surface area contributed by atoms with Crippen LogP contribution in [0, 0.1) is 0 Å². The van der Waals surface area contributed by atoms with E-state index < -0.39 is 0 Å². The van der Waals surface area contributed by atoms with E-state index in [-0.39, 0.29) is 23.0 Å². The predicted molar refractivity (Wildman–Crippen MR) is 78.0 cm³/mol. The zero-order chi connectivity index (χ0) is 14.3. The smallest absolute Gasteiger partial charge is 0.288 e. The summed E-state index contributed by atoms with van der Waals surface area (Å²) in [5.74, 6) is 0.268. The molecule has 5 nitrogen and oxygen atoms in total. The lowest BCUT2D eigenvalue weighted by Gasteiger charge is -2.31. The van der Waals surface area contributed by atoms with Gasteiger partial charge in [-0.3, -0.25) is 4.79 Å². The van der Waals surface area contributed by atoms with Gasteiger partial charge in [0.25, 0.3) is 5.91 Å². The van der Waals surface area contributed by atoms with E-state index in [1.807, 2.05) is 30.3 Å². The van der Waals surface area contributed by atoms with Gasteiger partial charge >= 0.3 is 0 Å². The van der Waals surface area contributed by atoms with E-state index in [2.05, 4.69) is 10.3 Å². The van der Waals surface area contributed by atoms with E-state index in [0.717, 1.165) is 5.56 Å². The van der Waals surface area contributed by atoms with Crippen LogP contribution in [0.5, 0.6) is 0 Å². The molecule has 20 heavy (non-hydrogen) atoms. The van der Waals surface area contributed by atoms with Crippen molar-refractivity contribution in [1.29, 1.82) is 0 Å². The minimum Gasteiger partial charge on any atom is -0.326 e. The van der Waals surface area contributed by atoms with Crippen molar-refractivity contribution in [2.45, 2.75) is 6.17 Å². The number of hydrogen-bond acceptors (Lipinski definition) is 4. The Balaban J connectivity index is 1.97. The number of carbonyl (C=O) groups excluding carboxylic acids is 1. The van der Waals surface area contributed by atoms with Gasteiger partial charge in [-0.1, -0.05) is 41.9 Å². The number of guanidine groups is 1. The minimum absolute atomic E-state index is 0.0968. The molecule has 0 spiro atoms. The van der Waals surface area contributed by atoms with Gasteiger partial charge < -0.3 is 5.32 Å². The Kier molecular flexibility index (Phi) is 3.41. The Morgan fingerprint density at radius 1 is 1.35 bits per heavy atom. The lowest BCUT2D eigenvalue weighted by Crippen LogP contribution is -2.52. The first-order valence-electron chi connectivity index (χ1n) is 6.05. The number of hydrazine groups is 1. The normalized spacial score (nSPS) is 22.8. The number of amides is 1. The molecule has 1 atom stereocenters. The number of alkyl halides is 1.